The van der Waals surface area contributed by atoms with Crippen molar-refractivity contribution in [2.24, 2.45) is 0 Å². The van der Waals surface area contributed by atoms with Crippen LogP contribution in [0.25, 0.3) is 0 Å². The Morgan fingerprint density at radius 3 is 2.56 bits per heavy atom. The van der Waals surface area contributed by atoms with E-state index in [4.69, 9.17) is 5.73 Å². The summed E-state index contributed by atoms with van der Waals surface area (Å²) in [5.41, 5.74) is 8.07. The van der Waals surface area contributed by atoms with E-state index in [9.17, 15) is 0 Å². The average Bonchev–Trinajstić information content (AvgIpc) is 2.40. The highest BCUT2D eigenvalue weighted by atomic mass is 15.1. The maximum absolute atomic E-state index is 5.57. The molecule has 1 heterocycles. The SMILES string of the molecule is CN(CCCc1ccccc1)c1ccc(N)nc1. The monoisotopic (exact) mass is 241 g/mol. The molecule has 1 aromatic heterocycles. The molecule has 0 saturated heterocycles. The first-order valence-electron chi connectivity index (χ1n) is 6.22. The molecule has 0 fully saturated rings. The molecule has 0 unspecified atom stereocenters. The zero-order chi connectivity index (χ0) is 12.8. The molecule has 3 heteroatoms. The lowest BCUT2D eigenvalue weighted by molar-refractivity contribution is 0.784. The zero-order valence-electron chi connectivity index (χ0n) is 10.7. The lowest BCUT2D eigenvalue weighted by Gasteiger charge is -2.18. The third-order valence-electron chi connectivity index (χ3n) is 3.01. The van der Waals surface area contributed by atoms with E-state index in [0.717, 1.165) is 25.1 Å². The number of nitrogen functional groups attached to an aromatic ring is 1. The Morgan fingerprint density at radius 2 is 1.89 bits per heavy atom. The van der Waals surface area contributed by atoms with Crippen molar-refractivity contribution in [1.82, 2.24) is 4.98 Å². The Bertz CT molecular complexity index is 465. The van der Waals surface area contributed by atoms with Crippen LogP contribution >= 0.6 is 0 Å². The first-order valence-corrected chi connectivity index (χ1v) is 6.22. The molecule has 0 radical (unpaired) electrons. The summed E-state index contributed by atoms with van der Waals surface area (Å²) in [5.74, 6) is 0.566. The summed E-state index contributed by atoms with van der Waals surface area (Å²) in [7, 11) is 2.08. The van der Waals surface area contributed by atoms with Gasteiger partial charge in [0.1, 0.15) is 5.82 Å². The number of pyridine rings is 1. The van der Waals surface area contributed by atoms with Gasteiger partial charge in [-0.2, -0.15) is 0 Å². The van der Waals surface area contributed by atoms with Crippen molar-refractivity contribution in [3.63, 3.8) is 0 Å². The highest BCUT2D eigenvalue weighted by molar-refractivity contribution is 5.47. The van der Waals surface area contributed by atoms with E-state index in [1.54, 1.807) is 0 Å². The van der Waals surface area contributed by atoms with Crippen LogP contribution in [0.2, 0.25) is 0 Å². The molecule has 0 atom stereocenters. The van der Waals surface area contributed by atoms with Crippen molar-refractivity contribution in [1.29, 1.82) is 0 Å². The number of hydrogen-bond acceptors (Lipinski definition) is 3. The Labute approximate surface area is 108 Å². The van der Waals surface area contributed by atoms with Gasteiger partial charge in [0.05, 0.1) is 11.9 Å². The molecule has 1 aromatic carbocycles. The first-order chi connectivity index (χ1) is 8.75. The Kier molecular flexibility index (Phi) is 4.18. The van der Waals surface area contributed by atoms with E-state index in [-0.39, 0.29) is 0 Å². The Hall–Kier alpha value is -2.03. The molecular formula is C15H19N3. The second-order valence-electron chi connectivity index (χ2n) is 4.45. The smallest absolute Gasteiger partial charge is 0.123 e. The van der Waals surface area contributed by atoms with Crippen molar-refractivity contribution >= 4 is 11.5 Å². The highest BCUT2D eigenvalue weighted by Crippen LogP contribution is 2.13. The summed E-state index contributed by atoms with van der Waals surface area (Å²) in [6.07, 6.45) is 4.05. The Morgan fingerprint density at radius 1 is 1.11 bits per heavy atom. The normalized spacial score (nSPS) is 10.3. The fourth-order valence-electron chi connectivity index (χ4n) is 1.92. The number of rotatable bonds is 5. The van der Waals surface area contributed by atoms with Crippen LogP contribution in [-0.4, -0.2) is 18.6 Å². The van der Waals surface area contributed by atoms with E-state index in [1.165, 1.54) is 5.56 Å². The van der Waals surface area contributed by atoms with Crippen LogP contribution in [0.15, 0.2) is 48.7 Å². The third-order valence-corrected chi connectivity index (χ3v) is 3.01. The van der Waals surface area contributed by atoms with Crippen LogP contribution < -0.4 is 10.6 Å². The number of aromatic nitrogens is 1. The summed E-state index contributed by atoms with van der Waals surface area (Å²) < 4.78 is 0. The van der Waals surface area contributed by atoms with Crippen LogP contribution in [0.1, 0.15) is 12.0 Å². The van der Waals surface area contributed by atoms with Crippen LogP contribution in [0, 0.1) is 0 Å². The number of benzene rings is 1. The molecule has 0 bridgehead atoms. The van der Waals surface area contributed by atoms with Crippen molar-refractivity contribution in [3.05, 3.63) is 54.2 Å². The molecule has 0 saturated carbocycles. The summed E-state index contributed by atoms with van der Waals surface area (Å²) >= 11 is 0. The number of nitrogens with zero attached hydrogens (tertiary/aromatic N) is 2. The topological polar surface area (TPSA) is 42.1 Å². The molecule has 0 aliphatic carbocycles. The van der Waals surface area contributed by atoms with Gasteiger partial charge in [-0.1, -0.05) is 30.3 Å². The van der Waals surface area contributed by atoms with Crippen LogP contribution in [0.3, 0.4) is 0 Å². The largest absolute Gasteiger partial charge is 0.384 e. The van der Waals surface area contributed by atoms with Crippen molar-refractivity contribution in [2.75, 3.05) is 24.2 Å². The number of nitrogens with two attached hydrogens (primary N) is 1. The molecule has 0 aliphatic rings. The number of aryl methyl sites for hydroxylation is 1. The van der Waals surface area contributed by atoms with Crippen molar-refractivity contribution < 1.29 is 0 Å². The molecule has 2 N–H and O–H groups in total. The zero-order valence-corrected chi connectivity index (χ0v) is 10.7. The van der Waals surface area contributed by atoms with Crippen molar-refractivity contribution in [2.45, 2.75) is 12.8 Å². The van der Waals surface area contributed by atoms with Gasteiger partial charge in [0.2, 0.25) is 0 Å². The summed E-state index contributed by atoms with van der Waals surface area (Å²) in [6, 6.07) is 14.4. The van der Waals surface area contributed by atoms with Gasteiger partial charge < -0.3 is 10.6 Å². The lowest BCUT2D eigenvalue weighted by Crippen LogP contribution is -2.19. The van der Waals surface area contributed by atoms with Gasteiger partial charge in [-0.3, -0.25) is 0 Å². The molecule has 94 valence electrons. The van der Waals surface area contributed by atoms with Gasteiger partial charge in [0.25, 0.3) is 0 Å². The highest BCUT2D eigenvalue weighted by Gasteiger charge is 2.01. The van der Waals surface area contributed by atoms with E-state index in [2.05, 4.69) is 47.3 Å². The molecular weight excluding hydrogens is 222 g/mol. The van der Waals surface area contributed by atoms with Gasteiger partial charge in [-0.15, -0.1) is 0 Å². The van der Waals surface area contributed by atoms with Crippen LogP contribution in [0.5, 0.6) is 0 Å². The van der Waals surface area contributed by atoms with Gasteiger partial charge >= 0.3 is 0 Å². The fraction of sp³-hybridized carbons (Fsp3) is 0.267. The predicted octanol–water partition coefficient (Wildman–Crippen LogP) is 2.73. The van der Waals surface area contributed by atoms with Crippen LogP contribution in [-0.2, 0) is 6.42 Å². The summed E-state index contributed by atoms with van der Waals surface area (Å²) in [6.45, 7) is 1.01. The van der Waals surface area contributed by atoms with Crippen LogP contribution in [0.4, 0.5) is 11.5 Å². The predicted molar refractivity (Wildman–Crippen MR) is 76.7 cm³/mol. The average molecular weight is 241 g/mol. The van der Waals surface area contributed by atoms with Gasteiger partial charge in [-0.25, -0.2) is 4.98 Å². The van der Waals surface area contributed by atoms with E-state index in [1.807, 2.05) is 18.3 Å². The van der Waals surface area contributed by atoms with E-state index in [0.29, 0.717) is 5.82 Å². The van der Waals surface area contributed by atoms with E-state index < -0.39 is 0 Å². The molecule has 0 amide bonds. The summed E-state index contributed by atoms with van der Waals surface area (Å²) in [4.78, 5) is 6.31. The third kappa shape index (κ3) is 3.48. The van der Waals surface area contributed by atoms with Gasteiger partial charge in [0.15, 0.2) is 0 Å². The quantitative estimate of drug-likeness (QED) is 0.875. The first kappa shape index (κ1) is 12.4. The summed E-state index contributed by atoms with van der Waals surface area (Å²) in [5, 5.41) is 0. The maximum Gasteiger partial charge on any atom is 0.123 e. The van der Waals surface area contributed by atoms with Crippen molar-refractivity contribution in [3.8, 4) is 0 Å². The minimum absolute atomic E-state index is 0.566. The molecule has 2 aromatic rings. The lowest BCUT2D eigenvalue weighted by atomic mass is 10.1. The standard InChI is InChI=1S/C15H19N3/c1-18(14-9-10-15(16)17-12-14)11-5-8-13-6-3-2-4-7-13/h2-4,6-7,9-10,12H,5,8,11H2,1H3,(H2,16,17). The minimum Gasteiger partial charge on any atom is -0.384 e. The fourth-order valence-corrected chi connectivity index (χ4v) is 1.92. The van der Waals surface area contributed by atoms with Gasteiger partial charge in [0, 0.05) is 13.6 Å². The van der Waals surface area contributed by atoms with E-state index >= 15 is 0 Å². The second-order valence-corrected chi connectivity index (χ2v) is 4.45. The Balaban J connectivity index is 1.81. The molecule has 0 spiro atoms. The molecule has 18 heavy (non-hydrogen) atoms. The minimum atomic E-state index is 0.566. The van der Waals surface area contributed by atoms with Gasteiger partial charge in [-0.05, 0) is 30.5 Å². The molecule has 0 aliphatic heterocycles. The second kappa shape index (κ2) is 6.05. The molecule has 2 rings (SSSR count). The maximum atomic E-state index is 5.57. The number of anilines is 2. The number of hydrogen-bond donors (Lipinski definition) is 1. The molecule has 3 nitrogen and oxygen atoms in total.